The number of aromatic nitrogens is 2. The van der Waals surface area contributed by atoms with Crippen LogP contribution in [0.5, 0.6) is 5.75 Å². The number of fused-ring (bicyclic) bond motifs is 2. The second-order valence-corrected chi connectivity index (χ2v) is 10.7. The van der Waals surface area contributed by atoms with E-state index in [0.717, 1.165) is 10.8 Å². The Morgan fingerprint density at radius 1 is 0.921 bits per heavy atom. The zero-order chi connectivity index (χ0) is 26.3. The third-order valence-corrected chi connectivity index (χ3v) is 8.52. The molecule has 2 heterocycles. The van der Waals surface area contributed by atoms with E-state index in [1.54, 1.807) is 41.3 Å². The Bertz CT molecular complexity index is 1780. The molecule has 1 saturated heterocycles. The molecule has 0 bridgehead atoms. The molecule has 5 aromatic rings. The van der Waals surface area contributed by atoms with Gasteiger partial charge in [0, 0.05) is 24.2 Å². The van der Waals surface area contributed by atoms with Crippen LogP contribution in [0.25, 0.3) is 33.2 Å². The zero-order valence-corrected chi connectivity index (χ0v) is 21.5. The number of para-hydroxylation sites is 1. The number of ether oxygens (including phenoxy) is 2. The highest BCUT2D eigenvalue weighted by molar-refractivity contribution is 7.90. The lowest BCUT2D eigenvalue weighted by atomic mass is 10.0. The number of methoxy groups -OCH3 is 1. The summed E-state index contributed by atoms with van der Waals surface area (Å²) in [6, 6.07) is 25.0. The van der Waals surface area contributed by atoms with E-state index in [0.29, 0.717) is 48.5 Å². The Hall–Kier alpha value is -4.21. The number of benzene rings is 4. The molecule has 1 amide bonds. The van der Waals surface area contributed by atoms with E-state index in [2.05, 4.69) is 0 Å². The maximum atomic E-state index is 14.3. The highest BCUT2D eigenvalue weighted by atomic mass is 32.2. The summed E-state index contributed by atoms with van der Waals surface area (Å²) in [5.41, 5.74) is 1.84. The predicted molar refractivity (Wildman–Crippen MR) is 145 cm³/mol. The molecule has 0 atom stereocenters. The lowest BCUT2D eigenvalue weighted by molar-refractivity contribution is 0.0303. The van der Waals surface area contributed by atoms with Gasteiger partial charge in [0.1, 0.15) is 10.6 Å². The minimum Gasteiger partial charge on any atom is -0.495 e. The molecule has 1 aliphatic rings. The SMILES string of the molecule is COc1ccccc1S(=O)(=O)n1c(-c2cccc3ccccc23)nc2ccc(C(=O)N3CCOCC3)cc21. The van der Waals surface area contributed by atoms with Crippen molar-refractivity contribution in [1.82, 2.24) is 13.9 Å². The fourth-order valence-electron chi connectivity index (χ4n) is 4.90. The maximum absolute atomic E-state index is 14.3. The average Bonchev–Trinajstić information content (AvgIpc) is 3.36. The largest absolute Gasteiger partial charge is 0.495 e. The summed E-state index contributed by atoms with van der Waals surface area (Å²) in [4.78, 5) is 19.8. The summed E-state index contributed by atoms with van der Waals surface area (Å²) in [5, 5.41) is 1.83. The quantitative estimate of drug-likeness (QED) is 0.333. The number of rotatable bonds is 5. The molecule has 0 aliphatic carbocycles. The smallest absolute Gasteiger partial charge is 0.273 e. The molecular weight excluding hydrogens is 502 g/mol. The Morgan fingerprint density at radius 3 is 2.47 bits per heavy atom. The summed E-state index contributed by atoms with van der Waals surface area (Å²) in [6.45, 7) is 1.91. The van der Waals surface area contributed by atoms with Gasteiger partial charge in [-0.05, 0) is 41.1 Å². The number of carbonyl (C=O) groups is 1. The standard InChI is InChI=1S/C29H25N3O5S/c1-36-26-11-4-5-12-27(26)38(34,35)32-25-19-21(29(33)31-15-17-37-18-16-31)13-14-24(25)30-28(32)23-10-6-8-20-7-2-3-9-22(20)23/h2-14,19H,15-18H2,1H3. The number of carbonyl (C=O) groups excluding carboxylic acids is 1. The summed E-state index contributed by atoms with van der Waals surface area (Å²) < 4.78 is 40.7. The first-order valence-corrected chi connectivity index (χ1v) is 13.7. The molecule has 38 heavy (non-hydrogen) atoms. The Balaban J connectivity index is 1.63. The van der Waals surface area contributed by atoms with E-state index in [4.69, 9.17) is 14.5 Å². The van der Waals surface area contributed by atoms with Gasteiger partial charge >= 0.3 is 0 Å². The maximum Gasteiger partial charge on any atom is 0.273 e. The van der Waals surface area contributed by atoms with Crippen LogP contribution >= 0.6 is 0 Å². The van der Waals surface area contributed by atoms with Crippen LogP contribution in [-0.4, -0.2) is 61.6 Å². The van der Waals surface area contributed by atoms with Gasteiger partial charge in [0.2, 0.25) is 0 Å². The van der Waals surface area contributed by atoms with Gasteiger partial charge in [-0.2, -0.15) is 0 Å². The van der Waals surface area contributed by atoms with Gasteiger partial charge in [-0.25, -0.2) is 17.4 Å². The summed E-state index contributed by atoms with van der Waals surface area (Å²) in [5.74, 6) is 0.307. The van der Waals surface area contributed by atoms with Gasteiger partial charge in [0.05, 0.1) is 31.4 Å². The lowest BCUT2D eigenvalue weighted by Crippen LogP contribution is -2.40. The van der Waals surface area contributed by atoms with Gasteiger partial charge in [-0.3, -0.25) is 4.79 Å². The molecule has 1 aromatic heterocycles. The fourth-order valence-corrected chi connectivity index (χ4v) is 6.52. The first kappa shape index (κ1) is 24.1. The van der Waals surface area contributed by atoms with Crippen LogP contribution in [0, 0.1) is 0 Å². The summed E-state index contributed by atoms with van der Waals surface area (Å²) in [6.07, 6.45) is 0. The lowest BCUT2D eigenvalue weighted by Gasteiger charge is -2.26. The van der Waals surface area contributed by atoms with Gasteiger partial charge in [-0.15, -0.1) is 0 Å². The molecule has 0 spiro atoms. The monoisotopic (exact) mass is 527 g/mol. The topological polar surface area (TPSA) is 90.7 Å². The predicted octanol–water partition coefficient (Wildman–Crippen LogP) is 4.57. The molecule has 8 nitrogen and oxygen atoms in total. The summed E-state index contributed by atoms with van der Waals surface area (Å²) >= 11 is 0. The molecule has 0 unspecified atom stereocenters. The average molecular weight is 528 g/mol. The third kappa shape index (κ3) is 4.00. The Kier molecular flexibility index (Phi) is 6.09. The number of nitrogens with zero attached hydrogens (tertiary/aromatic N) is 3. The first-order chi connectivity index (χ1) is 18.5. The van der Waals surface area contributed by atoms with Crippen molar-refractivity contribution in [3.8, 4) is 17.1 Å². The van der Waals surface area contributed by atoms with Crippen LogP contribution in [0.1, 0.15) is 10.4 Å². The molecule has 0 N–H and O–H groups in total. The van der Waals surface area contributed by atoms with Crippen LogP contribution in [0.3, 0.4) is 0 Å². The van der Waals surface area contributed by atoms with Crippen molar-refractivity contribution in [3.05, 3.63) is 90.5 Å². The Morgan fingerprint density at radius 2 is 1.66 bits per heavy atom. The van der Waals surface area contributed by atoms with E-state index in [1.165, 1.54) is 17.1 Å². The molecule has 192 valence electrons. The third-order valence-electron chi connectivity index (χ3n) is 6.78. The molecule has 1 fully saturated rings. The van der Waals surface area contributed by atoms with E-state index < -0.39 is 10.0 Å². The summed E-state index contributed by atoms with van der Waals surface area (Å²) in [7, 11) is -2.76. The molecule has 4 aromatic carbocycles. The normalized spacial score (nSPS) is 14.2. The van der Waals surface area contributed by atoms with Gasteiger partial charge in [0.25, 0.3) is 15.9 Å². The zero-order valence-electron chi connectivity index (χ0n) is 20.7. The molecule has 6 rings (SSSR count). The number of hydrogen-bond donors (Lipinski definition) is 0. The van der Waals surface area contributed by atoms with Crippen molar-refractivity contribution >= 4 is 37.7 Å². The number of morpholine rings is 1. The van der Waals surface area contributed by atoms with Crippen LogP contribution in [-0.2, 0) is 14.8 Å². The fraction of sp³-hybridized carbons (Fsp3) is 0.172. The van der Waals surface area contributed by atoms with Crippen LogP contribution in [0.15, 0.2) is 89.8 Å². The molecule has 1 aliphatic heterocycles. The van der Waals surface area contributed by atoms with Crippen molar-refractivity contribution in [2.45, 2.75) is 4.90 Å². The highest BCUT2D eigenvalue weighted by Crippen LogP contribution is 2.36. The minimum atomic E-state index is -4.20. The van der Waals surface area contributed by atoms with Crippen molar-refractivity contribution in [3.63, 3.8) is 0 Å². The molecule has 9 heteroatoms. The molecule has 0 saturated carbocycles. The minimum absolute atomic E-state index is 0.00759. The van der Waals surface area contributed by atoms with E-state index >= 15 is 0 Å². The number of imidazole rings is 1. The van der Waals surface area contributed by atoms with Crippen LogP contribution in [0.4, 0.5) is 0 Å². The van der Waals surface area contributed by atoms with E-state index in [1.807, 2.05) is 42.5 Å². The van der Waals surface area contributed by atoms with Crippen molar-refractivity contribution in [2.24, 2.45) is 0 Å². The molecular formula is C29H25N3O5S. The van der Waals surface area contributed by atoms with E-state index in [-0.39, 0.29) is 22.4 Å². The number of hydrogen-bond acceptors (Lipinski definition) is 6. The van der Waals surface area contributed by atoms with Crippen LogP contribution in [0.2, 0.25) is 0 Å². The van der Waals surface area contributed by atoms with Gasteiger partial charge < -0.3 is 14.4 Å². The van der Waals surface area contributed by atoms with Crippen molar-refractivity contribution in [1.29, 1.82) is 0 Å². The molecule has 0 radical (unpaired) electrons. The van der Waals surface area contributed by atoms with Gasteiger partial charge in [0.15, 0.2) is 5.82 Å². The van der Waals surface area contributed by atoms with Crippen molar-refractivity contribution < 1.29 is 22.7 Å². The second-order valence-electron chi connectivity index (χ2n) is 8.99. The second kappa shape index (κ2) is 9.59. The Labute approximate surface area is 220 Å². The number of amides is 1. The highest BCUT2D eigenvalue weighted by Gasteiger charge is 2.29. The van der Waals surface area contributed by atoms with Crippen LogP contribution < -0.4 is 4.74 Å². The van der Waals surface area contributed by atoms with E-state index in [9.17, 15) is 13.2 Å². The van der Waals surface area contributed by atoms with Gasteiger partial charge in [-0.1, -0.05) is 54.6 Å². The van der Waals surface area contributed by atoms with Crippen molar-refractivity contribution in [2.75, 3.05) is 33.4 Å². The first-order valence-electron chi connectivity index (χ1n) is 12.3.